The number of anilines is 3. The van der Waals surface area contributed by atoms with E-state index in [4.69, 9.17) is 11.6 Å². The van der Waals surface area contributed by atoms with E-state index < -0.39 is 5.82 Å². The molecule has 0 saturated heterocycles. The van der Waals surface area contributed by atoms with Crippen LogP contribution in [0.2, 0.25) is 5.02 Å². The highest BCUT2D eigenvalue weighted by molar-refractivity contribution is 7.98. The van der Waals surface area contributed by atoms with Crippen molar-refractivity contribution in [2.75, 3.05) is 23.9 Å². The van der Waals surface area contributed by atoms with E-state index in [2.05, 4.69) is 25.8 Å². The molecule has 8 heteroatoms. The van der Waals surface area contributed by atoms with Crippen LogP contribution in [0.15, 0.2) is 47.6 Å². The van der Waals surface area contributed by atoms with Crippen molar-refractivity contribution in [2.45, 2.75) is 5.03 Å². The van der Waals surface area contributed by atoms with Crippen LogP contribution in [0.3, 0.4) is 0 Å². The van der Waals surface area contributed by atoms with Crippen molar-refractivity contribution in [1.82, 2.24) is 15.2 Å². The molecule has 2 aromatic heterocycles. The second-order valence-electron chi connectivity index (χ2n) is 5.08. The topological polar surface area (TPSA) is 62.7 Å². The number of halogens is 2. The summed E-state index contributed by atoms with van der Waals surface area (Å²) >= 11 is 7.43. The first-order valence-electron chi connectivity index (χ1n) is 7.38. The number of nitrogens with zero attached hydrogens (tertiary/aromatic N) is 3. The number of hydrogen-bond donors (Lipinski definition) is 2. The summed E-state index contributed by atoms with van der Waals surface area (Å²) in [7, 11) is 1.80. The Morgan fingerprint density at radius 1 is 1.12 bits per heavy atom. The molecule has 1 aromatic carbocycles. The predicted octanol–water partition coefficient (Wildman–Crippen LogP) is 4.84. The molecular weight excluding hydrogens is 361 g/mol. The second-order valence-corrected chi connectivity index (χ2v) is 6.31. The van der Waals surface area contributed by atoms with Crippen LogP contribution in [0.4, 0.5) is 21.6 Å². The quantitative estimate of drug-likeness (QED) is 0.622. The molecule has 0 unspecified atom stereocenters. The molecule has 0 aliphatic carbocycles. The molecule has 0 aliphatic heterocycles. The van der Waals surface area contributed by atoms with Gasteiger partial charge in [0.2, 0.25) is 0 Å². The van der Waals surface area contributed by atoms with E-state index in [1.54, 1.807) is 19.3 Å². The minimum absolute atomic E-state index is 0.307. The molecule has 0 fully saturated rings. The van der Waals surface area contributed by atoms with Gasteiger partial charge in [0.15, 0.2) is 0 Å². The first kappa shape index (κ1) is 17.4. The Kier molecular flexibility index (Phi) is 5.35. The Bertz CT molecular complexity index is 906. The molecule has 0 bridgehead atoms. The fraction of sp³-hybridized carbons (Fsp3) is 0.118. The standard InChI is InChI=1S/C17H15ClFN5S/c1-20-16-8-11(5-6-21-16)22-15-9-14(23-24-17(15)25-2)12-7-10(18)3-4-13(12)19/h3-9H,1-2H3,(H2,20,21,22,23). The van der Waals surface area contributed by atoms with E-state index in [0.717, 1.165) is 17.2 Å². The molecule has 0 aliphatic rings. The van der Waals surface area contributed by atoms with Crippen LogP contribution in [0.1, 0.15) is 0 Å². The molecule has 0 radical (unpaired) electrons. The average Bonchev–Trinajstić information content (AvgIpc) is 2.64. The van der Waals surface area contributed by atoms with Crippen molar-refractivity contribution in [1.29, 1.82) is 0 Å². The van der Waals surface area contributed by atoms with Crippen molar-refractivity contribution in [3.8, 4) is 11.3 Å². The van der Waals surface area contributed by atoms with Crippen LogP contribution < -0.4 is 10.6 Å². The zero-order valence-corrected chi connectivity index (χ0v) is 15.1. The van der Waals surface area contributed by atoms with Gasteiger partial charge in [0.1, 0.15) is 16.7 Å². The lowest BCUT2D eigenvalue weighted by Crippen LogP contribution is -2.00. The van der Waals surface area contributed by atoms with Gasteiger partial charge in [-0.2, -0.15) is 0 Å². The number of nitrogens with one attached hydrogen (secondary N) is 2. The molecule has 0 amide bonds. The van der Waals surface area contributed by atoms with Gasteiger partial charge >= 0.3 is 0 Å². The Morgan fingerprint density at radius 3 is 2.72 bits per heavy atom. The lowest BCUT2D eigenvalue weighted by molar-refractivity contribution is 0.630. The van der Waals surface area contributed by atoms with E-state index in [-0.39, 0.29) is 0 Å². The van der Waals surface area contributed by atoms with E-state index in [1.165, 1.54) is 30.0 Å². The molecule has 0 atom stereocenters. The van der Waals surface area contributed by atoms with Crippen molar-refractivity contribution < 1.29 is 4.39 Å². The lowest BCUT2D eigenvalue weighted by Gasteiger charge is -2.12. The summed E-state index contributed by atoms with van der Waals surface area (Å²) in [5.41, 5.74) is 2.27. The molecule has 3 rings (SSSR count). The number of thioether (sulfide) groups is 1. The van der Waals surface area contributed by atoms with Gasteiger partial charge in [0, 0.05) is 35.6 Å². The highest BCUT2D eigenvalue weighted by Gasteiger charge is 2.12. The summed E-state index contributed by atoms with van der Waals surface area (Å²) in [5, 5.41) is 15.7. The van der Waals surface area contributed by atoms with Crippen LogP contribution >= 0.6 is 23.4 Å². The minimum Gasteiger partial charge on any atom is -0.373 e. The minimum atomic E-state index is -0.400. The number of aromatic nitrogens is 3. The Labute approximate surface area is 154 Å². The molecule has 25 heavy (non-hydrogen) atoms. The van der Waals surface area contributed by atoms with E-state index >= 15 is 0 Å². The zero-order valence-electron chi connectivity index (χ0n) is 13.5. The highest BCUT2D eigenvalue weighted by Crippen LogP contribution is 2.31. The summed E-state index contributed by atoms with van der Waals surface area (Å²) in [6, 6.07) is 9.81. The summed E-state index contributed by atoms with van der Waals surface area (Å²) in [6.45, 7) is 0. The van der Waals surface area contributed by atoms with Crippen molar-refractivity contribution >= 4 is 40.6 Å². The molecule has 3 aromatic rings. The summed E-state index contributed by atoms with van der Waals surface area (Å²) in [6.07, 6.45) is 3.60. The molecule has 128 valence electrons. The van der Waals surface area contributed by atoms with Gasteiger partial charge in [0.05, 0.1) is 11.4 Å². The number of benzene rings is 1. The van der Waals surface area contributed by atoms with E-state index in [0.29, 0.717) is 21.3 Å². The van der Waals surface area contributed by atoms with Gasteiger partial charge in [-0.05, 0) is 36.6 Å². The largest absolute Gasteiger partial charge is 0.373 e. The highest BCUT2D eigenvalue weighted by atomic mass is 35.5. The molecular formula is C17H15ClFN5S. The van der Waals surface area contributed by atoms with Gasteiger partial charge in [-0.15, -0.1) is 22.0 Å². The Hall–Kier alpha value is -2.38. The van der Waals surface area contributed by atoms with E-state index in [1.807, 2.05) is 18.4 Å². The fourth-order valence-corrected chi connectivity index (χ4v) is 2.87. The van der Waals surface area contributed by atoms with Gasteiger partial charge in [-0.25, -0.2) is 9.37 Å². The zero-order chi connectivity index (χ0) is 17.8. The maximum absolute atomic E-state index is 14.1. The maximum atomic E-state index is 14.1. The summed E-state index contributed by atoms with van der Waals surface area (Å²) in [4.78, 5) is 4.18. The monoisotopic (exact) mass is 375 g/mol. The van der Waals surface area contributed by atoms with Crippen LogP contribution in [0.25, 0.3) is 11.3 Å². The third-order valence-electron chi connectivity index (χ3n) is 3.45. The van der Waals surface area contributed by atoms with Gasteiger partial charge in [-0.3, -0.25) is 0 Å². The van der Waals surface area contributed by atoms with Crippen molar-refractivity contribution in [3.05, 3.63) is 53.4 Å². The van der Waals surface area contributed by atoms with Crippen LogP contribution in [-0.2, 0) is 0 Å². The molecule has 0 spiro atoms. The molecule has 2 heterocycles. The molecule has 2 N–H and O–H groups in total. The third-order valence-corrected chi connectivity index (χ3v) is 4.38. The van der Waals surface area contributed by atoms with Gasteiger partial charge in [-0.1, -0.05) is 11.6 Å². The summed E-state index contributed by atoms with van der Waals surface area (Å²) in [5.74, 6) is 0.335. The van der Waals surface area contributed by atoms with E-state index in [9.17, 15) is 4.39 Å². The fourth-order valence-electron chi connectivity index (χ4n) is 2.25. The van der Waals surface area contributed by atoms with Crippen molar-refractivity contribution in [2.24, 2.45) is 0 Å². The van der Waals surface area contributed by atoms with Crippen LogP contribution in [0.5, 0.6) is 0 Å². The van der Waals surface area contributed by atoms with Gasteiger partial charge < -0.3 is 10.6 Å². The first-order chi connectivity index (χ1) is 12.1. The lowest BCUT2D eigenvalue weighted by atomic mass is 10.1. The molecule has 5 nitrogen and oxygen atoms in total. The van der Waals surface area contributed by atoms with Gasteiger partial charge in [0.25, 0.3) is 0 Å². The predicted molar refractivity (Wildman–Crippen MR) is 101 cm³/mol. The van der Waals surface area contributed by atoms with Crippen LogP contribution in [0, 0.1) is 5.82 Å². The first-order valence-corrected chi connectivity index (χ1v) is 8.99. The summed E-state index contributed by atoms with van der Waals surface area (Å²) < 4.78 is 14.1. The smallest absolute Gasteiger partial charge is 0.142 e. The number of hydrogen-bond acceptors (Lipinski definition) is 6. The van der Waals surface area contributed by atoms with Crippen LogP contribution in [-0.4, -0.2) is 28.5 Å². The average molecular weight is 376 g/mol. The number of rotatable bonds is 5. The normalized spacial score (nSPS) is 10.6. The Balaban J connectivity index is 2.01. The Morgan fingerprint density at radius 2 is 1.96 bits per heavy atom. The maximum Gasteiger partial charge on any atom is 0.142 e. The SMILES string of the molecule is CNc1cc(Nc2cc(-c3cc(Cl)ccc3F)nnc2SC)ccn1. The number of pyridine rings is 1. The van der Waals surface area contributed by atoms with Crippen molar-refractivity contribution in [3.63, 3.8) is 0 Å². The second kappa shape index (κ2) is 7.67. The molecule has 0 saturated carbocycles. The third kappa shape index (κ3) is 4.00.